The van der Waals surface area contributed by atoms with Gasteiger partial charge in [-0.25, -0.2) is 4.98 Å². The summed E-state index contributed by atoms with van der Waals surface area (Å²) in [6.07, 6.45) is 1.41. The first kappa shape index (κ1) is 24.7. The Hall–Kier alpha value is -3.00. The number of hydrogen-bond donors (Lipinski definition) is 4. The summed E-state index contributed by atoms with van der Waals surface area (Å²) in [4.78, 5) is 10.1. The number of rotatable bonds is 8. The fourth-order valence-corrected chi connectivity index (χ4v) is 5.09. The molecule has 0 spiro atoms. The average molecular weight is 504 g/mol. The van der Waals surface area contributed by atoms with Gasteiger partial charge in [-0.3, -0.25) is 4.90 Å². The molecule has 0 unspecified atom stereocenters. The molecule has 2 heterocycles. The number of fused-ring (bicyclic) bond motifs is 1. The van der Waals surface area contributed by atoms with E-state index in [1.165, 1.54) is 16.7 Å². The van der Waals surface area contributed by atoms with Gasteiger partial charge in [0.15, 0.2) is 0 Å². The second-order valence-corrected chi connectivity index (χ2v) is 9.77. The molecule has 3 aromatic carbocycles. The lowest BCUT2D eigenvalue weighted by Crippen LogP contribution is -2.42. The first-order chi connectivity index (χ1) is 17.5. The SMILES string of the molecule is OC[C@H](O)[C@@H](O)CN1CCc2c(Cc3ccc(Cl)c(-c4ncc(-c5ccccc5)[nH]4)c3)cccc2C1. The molecule has 4 N–H and O–H groups in total. The van der Waals surface area contributed by atoms with Crippen LogP contribution in [0.4, 0.5) is 0 Å². The largest absolute Gasteiger partial charge is 0.394 e. The van der Waals surface area contributed by atoms with Crippen molar-refractivity contribution in [1.82, 2.24) is 14.9 Å². The van der Waals surface area contributed by atoms with Gasteiger partial charge in [-0.2, -0.15) is 0 Å². The van der Waals surface area contributed by atoms with E-state index in [1.807, 2.05) is 42.6 Å². The van der Waals surface area contributed by atoms with Crippen molar-refractivity contribution in [2.45, 2.75) is 31.6 Å². The number of β-amino-alcohol motifs (C(OH)–C–C–N with tert-alkyl or cyclic N) is 1. The lowest BCUT2D eigenvalue weighted by Gasteiger charge is -2.32. The molecule has 0 bridgehead atoms. The van der Waals surface area contributed by atoms with E-state index in [-0.39, 0.29) is 0 Å². The molecule has 0 saturated carbocycles. The van der Waals surface area contributed by atoms with Crippen LogP contribution >= 0.6 is 11.6 Å². The van der Waals surface area contributed by atoms with Crippen LogP contribution in [-0.2, 0) is 19.4 Å². The fraction of sp³-hybridized carbons (Fsp3) is 0.276. The van der Waals surface area contributed by atoms with E-state index in [2.05, 4.69) is 45.2 Å². The van der Waals surface area contributed by atoms with Crippen molar-refractivity contribution in [3.63, 3.8) is 0 Å². The molecule has 0 aliphatic carbocycles. The number of nitrogens with zero attached hydrogens (tertiary/aromatic N) is 2. The van der Waals surface area contributed by atoms with Gasteiger partial charge in [0.05, 0.1) is 29.6 Å². The van der Waals surface area contributed by atoms with Gasteiger partial charge in [-0.15, -0.1) is 0 Å². The smallest absolute Gasteiger partial charge is 0.139 e. The Morgan fingerprint density at radius 2 is 1.83 bits per heavy atom. The average Bonchev–Trinajstić information content (AvgIpc) is 3.40. The number of benzene rings is 3. The third-order valence-electron chi connectivity index (χ3n) is 6.86. The number of aliphatic hydroxyl groups is 3. The second-order valence-electron chi connectivity index (χ2n) is 9.36. The third kappa shape index (κ3) is 5.38. The number of aromatic nitrogens is 2. The molecule has 4 aromatic rings. The van der Waals surface area contributed by atoms with Crippen molar-refractivity contribution in [3.8, 4) is 22.6 Å². The first-order valence-electron chi connectivity index (χ1n) is 12.2. The molecule has 1 aliphatic heterocycles. The third-order valence-corrected chi connectivity index (χ3v) is 7.19. The topological polar surface area (TPSA) is 92.6 Å². The van der Waals surface area contributed by atoms with Crippen LogP contribution in [0.1, 0.15) is 22.3 Å². The molecule has 36 heavy (non-hydrogen) atoms. The standard InChI is InChI=1S/C29H30ClN3O3/c30-25-10-9-19(14-24(25)29-31-15-26(32-29)20-5-2-1-3-6-20)13-21-7-4-8-22-16-33(12-11-23(21)22)17-27(35)28(36)18-34/h1-10,14-15,27-28,34-36H,11-13,16-18H2,(H,31,32)/t27-,28-/m0/s1. The maximum Gasteiger partial charge on any atom is 0.139 e. The minimum Gasteiger partial charge on any atom is -0.394 e. The van der Waals surface area contributed by atoms with E-state index >= 15 is 0 Å². The summed E-state index contributed by atoms with van der Waals surface area (Å²) in [5, 5.41) is 29.6. The Kier molecular flexibility index (Phi) is 7.51. The van der Waals surface area contributed by atoms with Gasteiger partial charge in [0.1, 0.15) is 11.9 Å². The van der Waals surface area contributed by atoms with Gasteiger partial charge in [0.2, 0.25) is 0 Å². The Balaban J connectivity index is 1.34. The summed E-state index contributed by atoms with van der Waals surface area (Å²) in [6.45, 7) is 1.39. The number of nitrogens with one attached hydrogen (secondary N) is 1. The van der Waals surface area contributed by atoms with Crippen LogP contribution in [0.2, 0.25) is 5.02 Å². The van der Waals surface area contributed by atoms with Crippen molar-refractivity contribution < 1.29 is 15.3 Å². The molecule has 6 nitrogen and oxygen atoms in total. The molecular formula is C29H30ClN3O3. The molecule has 7 heteroatoms. The van der Waals surface area contributed by atoms with Gasteiger partial charge in [-0.05, 0) is 52.8 Å². The van der Waals surface area contributed by atoms with Crippen LogP contribution in [0, 0.1) is 0 Å². The molecular weight excluding hydrogens is 474 g/mol. The molecule has 0 amide bonds. The van der Waals surface area contributed by atoms with Gasteiger partial charge >= 0.3 is 0 Å². The Morgan fingerprint density at radius 3 is 2.64 bits per heavy atom. The number of H-pyrrole nitrogens is 1. The molecule has 0 saturated heterocycles. The van der Waals surface area contributed by atoms with Crippen LogP contribution in [0.25, 0.3) is 22.6 Å². The summed E-state index contributed by atoms with van der Waals surface area (Å²) in [5.74, 6) is 0.745. The van der Waals surface area contributed by atoms with Crippen LogP contribution in [-0.4, -0.2) is 62.1 Å². The van der Waals surface area contributed by atoms with E-state index in [0.29, 0.717) is 18.1 Å². The van der Waals surface area contributed by atoms with E-state index in [0.717, 1.165) is 47.6 Å². The zero-order valence-corrected chi connectivity index (χ0v) is 20.7. The summed E-state index contributed by atoms with van der Waals surface area (Å²) in [7, 11) is 0. The summed E-state index contributed by atoms with van der Waals surface area (Å²) in [5.41, 5.74) is 7.91. The number of aliphatic hydroxyl groups excluding tert-OH is 3. The summed E-state index contributed by atoms with van der Waals surface area (Å²) >= 11 is 6.58. The van der Waals surface area contributed by atoms with Crippen molar-refractivity contribution in [2.24, 2.45) is 0 Å². The van der Waals surface area contributed by atoms with E-state index in [4.69, 9.17) is 16.7 Å². The fourth-order valence-electron chi connectivity index (χ4n) is 4.88. The van der Waals surface area contributed by atoms with Gasteiger partial charge in [0, 0.05) is 25.2 Å². The van der Waals surface area contributed by atoms with Crippen molar-refractivity contribution in [2.75, 3.05) is 19.7 Å². The second kappa shape index (κ2) is 10.9. The first-order valence-corrected chi connectivity index (χ1v) is 12.6. The summed E-state index contributed by atoms with van der Waals surface area (Å²) < 4.78 is 0. The maximum absolute atomic E-state index is 10.1. The lowest BCUT2D eigenvalue weighted by atomic mass is 9.90. The molecule has 0 radical (unpaired) electrons. The van der Waals surface area contributed by atoms with E-state index in [1.54, 1.807) is 0 Å². The normalized spacial score (nSPS) is 15.4. The quantitative estimate of drug-likeness (QED) is 0.291. The van der Waals surface area contributed by atoms with E-state index < -0.39 is 18.8 Å². The lowest BCUT2D eigenvalue weighted by molar-refractivity contribution is -0.0311. The Morgan fingerprint density at radius 1 is 1.00 bits per heavy atom. The predicted octanol–water partition coefficient (Wildman–Crippen LogP) is 4.06. The van der Waals surface area contributed by atoms with Crippen molar-refractivity contribution >= 4 is 11.6 Å². The maximum atomic E-state index is 10.1. The Labute approximate surface area is 215 Å². The molecule has 1 aromatic heterocycles. The highest BCUT2D eigenvalue weighted by molar-refractivity contribution is 6.33. The van der Waals surface area contributed by atoms with Crippen LogP contribution < -0.4 is 0 Å². The molecule has 0 fully saturated rings. The van der Waals surface area contributed by atoms with Gasteiger partial charge in [-0.1, -0.05) is 66.2 Å². The predicted molar refractivity (Wildman–Crippen MR) is 142 cm³/mol. The van der Waals surface area contributed by atoms with Gasteiger partial charge < -0.3 is 20.3 Å². The van der Waals surface area contributed by atoms with Gasteiger partial charge in [0.25, 0.3) is 0 Å². The summed E-state index contributed by atoms with van der Waals surface area (Å²) in [6, 6.07) is 22.6. The molecule has 2 atom stereocenters. The number of halogens is 1. The van der Waals surface area contributed by atoms with Crippen LogP contribution in [0.15, 0.2) is 72.9 Å². The van der Waals surface area contributed by atoms with Crippen LogP contribution in [0.3, 0.4) is 0 Å². The monoisotopic (exact) mass is 503 g/mol. The van der Waals surface area contributed by atoms with Crippen molar-refractivity contribution in [1.29, 1.82) is 0 Å². The molecule has 5 rings (SSSR count). The highest BCUT2D eigenvalue weighted by Crippen LogP contribution is 2.31. The number of hydrogen-bond acceptors (Lipinski definition) is 5. The molecule has 1 aliphatic rings. The zero-order valence-electron chi connectivity index (χ0n) is 19.9. The number of aromatic amines is 1. The molecule has 186 valence electrons. The van der Waals surface area contributed by atoms with Crippen LogP contribution in [0.5, 0.6) is 0 Å². The zero-order chi connectivity index (χ0) is 25.1. The van der Waals surface area contributed by atoms with E-state index in [9.17, 15) is 10.2 Å². The highest BCUT2D eigenvalue weighted by atomic mass is 35.5. The Bertz CT molecular complexity index is 1320. The number of imidazole rings is 1. The van der Waals surface area contributed by atoms with Crippen molar-refractivity contribution in [3.05, 3.63) is 100 Å². The highest BCUT2D eigenvalue weighted by Gasteiger charge is 2.24. The minimum absolute atomic E-state index is 0.333. The minimum atomic E-state index is -1.12.